The molecular weight excluding hydrogens is 522 g/mol. The highest BCUT2D eigenvalue weighted by atomic mass is 16.6. The minimum absolute atomic E-state index is 0.0572. The van der Waals surface area contributed by atoms with Crippen molar-refractivity contribution in [2.45, 2.75) is 142 Å². The molecule has 0 spiro atoms. The number of hydrogen-bond acceptors (Lipinski definition) is 6. The van der Waals surface area contributed by atoms with Crippen molar-refractivity contribution >= 4 is 17.9 Å². The lowest BCUT2D eigenvalue weighted by molar-refractivity contribution is -0.887. The third kappa shape index (κ3) is 24.4. The Morgan fingerprint density at radius 3 is 1.80 bits per heavy atom. The number of quaternary nitrogens is 1. The number of unbranched alkanes of at least 4 members (excludes halogenated alkanes) is 12. The molecule has 240 valence electrons. The Hall–Kier alpha value is -1.93. The van der Waals surface area contributed by atoms with E-state index in [1.807, 2.05) is 28.1 Å². The van der Waals surface area contributed by atoms with Crippen molar-refractivity contribution in [2.75, 3.05) is 41.0 Å². The standard InChI is InChI=1S/C33H61NO7/c1-6-8-10-11-12-13-14-15-16-17-18-19-20-21-22-24-32(36)41-29(28-40-31(35)23-9-7-2)27-39-26-25-30(33(37)38)34(3,4)5/h15-16,29-30H,6-14,17-28H2,1-5H3/p+1/b16-15-. The smallest absolute Gasteiger partial charge is 0.362 e. The van der Waals surface area contributed by atoms with Crippen LogP contribution in [-0.4, -0.2) is 80.6 Å². The molecule has 0 radical (unpaired) electrons. The zero-order chi connectivity index (χ0) is 30.8. The van der Waals surface area contributed by atoms with E-state index in [0.29, 0.717) is 19.3 Å². The first-order valence-electron chi connectivity index (χ1n) is 16.2. The predicted octanol–water partition coefficient (Wildman–Crippen LogP) is 7.24. The van der Waals surface area contributed by atoms with Crippen molar-refractivity contribution in [3.8, 4) is 0 Å². The first-order valence-corrected chi connectivity index (χ1v) is 16.2. The van der Waals surface area contributed by atoms with Crippen LogP contribution in [0, 0.1) is 0 Å². The maximum atomic E-state index is 12.5. The Bertz CT molecular complexity index is 702. The lowest BCUT2D eigenvalue weighted by Gasteiger charge is -2.31. The average Bonchev–Trinajstić information content (AvgIpc) is 2.91. The highest BCUT2D eigenvalue weighted by molar-refractivity contribution is 5.72. The number of hydrogen-bond donors (Lipinski definition) is 1. The van der Waals surface area contributed by atoms with Gasteiger partial charge in [-0.25, -0.2) is 4.79 Å². The zero-order valence-electron chi connectivity index (χ0n) is 27.0. The average molecular weight is 585 g/mol. The summed E-state index contributed by atoms with van der Waals surface area (Å²) in [5, 5.41) is 9.48. The van der Waals surface area contributed by atoms with Crippen molar-refractivity contribution < 1.29 is 38.2 Å². The summed E-state index contributed by atoms with van der Waals surface area (Å²) in [5.41, 5.74) is 0. The van der Waals surface area contributed by atoms with Gasteiger partial charge in [0.25, 0.3) is 0 Å². The number of aliphatic carboxylic acids is 1. The summed E-state index contributed by atoms with van der Waals surface area (Å²) in [6.07, 6.45) is 22.1. The quantitative estimate of drug-likeness (QED) is 0.0448. The summed E-state index contributed by atoms with van der Waals surface area (Å²) < 4.78 is 16.8. The van der Waals surface area contributed by atoms with Gasteiger partial charge in [0.1, 0.15) is 6.61 Å². The molecule has 41 heavy (non-hydrogen) atoms. The molecule has 0 aliphatic rings. The minimum atomic E-state index is -0.881. The summed E-state index contributed by atoms with van der Waals surface area (Å²) in [5.74, 6) is -1.52. The largest absolute Gasteiger partial charge is 0.477 e. The van der Waals surface area contributed by atoms with Crippen LogP contribution < -0.4 is 0 Å². The number of carbonyl (C=O) groups excluding carboxylic acids is 2. The SMILES string of the molecule is CCCCCCCC/C=C\CCCCCCCC(=O)OC(COCCC(C(=O)O)[N+](C)(C)C)COC(=O)CCCC. The molecule has 1 N–H and O–H groups in total. The molecule has 0 aromatic rings. The predicted molar refractivity (Wildman–Crippen MR) is 165 cm³/mol. The zero-order valence-corrected chi connectivity index (χ0v) is 27.0. The first kappa shape index (κ1) is 39.1. The van der Waals surface area contributed by atoms with Gasteiger partial charge in [0.05, 0.1) is 34.4 Å². The molecule has 0 aliphatic carbocycles. The van der Waals surface area contributed by atoms with E-state index < -0.39 is 18.1 Å². The monoisotopic (exact) mass is 584 g/mol. The fraction of sp³-hybridized carbons (Fsp3) is 0.848. The Balaban J connectivity index is 4.24. The molecule has 0 aromatic carbocycles. The molecule has 2 atom stereocenters. The molecule has 0 heterocycles. The number of allylic oxidation sites excluding steroid dienone is 2. The second-order valence-corrected chi connectivity index (χ2v) is 12.1. The molecule has 0 fully saturated rings. The molecule has 0 bridgehead atoms. The van der Waals surface area contributed by atoms with Crippen LogP contribution in [0.5, 0.6) is 0 Å². The minimum Gasteiger partial charge on any atom is -0.477 e. The third-order valence-corrected chi connectivity index (χ3v) is 7.16. The highest BCUT2D eigenvalue weighted by Gasteiger charge is 2.31. The molecule has 0 aromatic heterocycles. The van der Waals surface area contributed by atoms with Crippen LogP contribution in [0.25, 0.3) is 0 Å². The van der Waals surface area contributed by atoms with Gasteiger partial charge in [-0.05, 0) is 38.5 Å². The third-order valence-electron chi connectivity index (χ3n) is 7.16. The van der Waals surface area contributed by atoms with Gasteiger partial charge in [-0.3, -0.25) is 9.59 Å². The van der Waals surface area contributed by atoms with Crippen molar-refractivity contribution in [3.05, 3.63) is 12.2 Å². The molecule has 0 saturated carbocycles. The Labute approximate surface area is 250 Å². The molecule has 0 rings (SSSR count). The maximum Gasteiger partial charge on any atom is 0.362 e. The van der Waals surface area contributed by atoms with E-state index in [0.717, 1.165) is 44.9 Å². The van der Waals surface area contributed by atoms with E-state index in [9.17, 15) is 19.5 Å². The number of likely N-dealkylation sites (N-methyl/N-ethyl adjacent to an activating group) is 1. The van der Waals surface area contributed by atoms with Gasteiger partial charge in [0.2, 0.25) is 0 Å². The van der Waals surface area contributed by atoms with Crippen LogP contribution in [0.3, 0.4) is 0 Å². The van der Waals surface area contributed by atoms with Crippen molar-refractivity contribution in [1.29, 1.82) is 0 Å². The van der Waals surface area contributed by atoms with Crippen molar-refractivity contribution in [3.63, 3.8) is 0 Å². The van der Waals surface area contributed by atoms with Gasteiger partial charge in [-0.1, -0.05) is 83.8 Å². The lowest BCUT2D eigenvalue weighted by atomic mass is 10.1. The van der Waals surface area contributed by atoms with Gasteiger partial charge >= 0.3 is 17.9 Å². The molecule has 8 nitrogen and oxygen atoms in total. The molecule has 2 unspecified atom stereocenters. The van der Waals surface area contributed by atoms with E-state index in [2.05, 4.69) is 19.1 Å². The van der Waals surface area contributed by atoms with E-state index >= 15 is 0 Å². The number of carboxylic acids is 1. The van der Waals surface area contributed by atoms with Crippen LogP contribution in [-0.2, 0) is 28.6 Å². The number of esters is 2. The summed E-state index contributed by atoms with van der Waals surface area (Å²) in [6.45, 7) is 4.46. The maximum absolute atomic E-state index is 12.5. The van der Waals surface area contributed by atoms with Gasteiger partial charge in [0, 0.05) is 19.3 Å². The topological polar surface area (TPSA) is 99.1 Å². The summed E-state index contributed by atoms with van der Waals surface area (Å²) >= 11 is 0. The molecule has 0 saturated heterocycles. The summed E-state index contributed by atoms with van der Waals surface area (Å²) in [6, 6.07) is -0.607. The number of carbonyl (C=O) groups is 3. The second kappa shape index (κ2) is 25.8. The number of carboxylic acid groups (broad SMARTS) is 1. The summed E-state index contributed by atoms with van der Waals surface area (Å²) in [7, 11) is 5.48. The molecular formula is C33H62NO7+. The van der Waals surface area contributed by atoms with Crippen molar-refractivity contribution in [1.82, 2.24) is 0 Å². The lowest BCUT2D eigenvalue weighted by Crippen LogP contribution is -2.50. The fourth-order valence-corrected chi connectivity index (χ4v) is 4.53. The second-order valence-electron chi connectivity index (χ2n) is 12.1. The van der Waals surface area contributed by atoms with Crippen LogP contribution in [0.1, 0.15) is 129 Å². The molecule has 0 aliphatic heterocycles. The van der Waals surface area contributed by atoms with Crippen molar-refractivity contribution in [2.24, 2.45) is 0 Å². The van der Waals surface area contributed by atoms with Crippen LogP contribution in [0.2, 0.25) is 0 Å². The van der Waals surface area contributed by atoms with E-state index in [4.69, 9.17) is 14.2 Å². The molecule has 0 amide bonds. The van der Waals surface area contributed by atoms with Gasteiger partial charge in [0.15, 0.2) is 12.1 Å². The highest BCUT2D eigenvalue weighted by Crippen LogP contribution is 2.12. The number of ether oxygens (including phenoxy) is 3. The van der Waals surface area contributed by atoms with Gasteiger partial charge < -0.3 is 23.8 Å². The first-order chi connectivity index (χ1) is 19.6. The molecule has 8 heteroatoms. The van der Waals surface area contributed by atoms with E-state index in [1.54, 1.807) is 0 Å². The van der Waals surface area contributed by atoms with Gasteiger partial charge in [-0.2, -0.15) is 0 Å². The Morgan fingerprint density at radius 1 is 0.707 bits per heavy atom. The van der Waals surface area contributed by atoms with Crippen LogP contribution >= 0.6 is 0 Å². The Kier molecular flexibility index (Phi) is 24.5. The van der Waals surface area contributed by atoms with Gasteiger partial charge in [-0.15, -0.1) is 0 Å². The summed E-state index contributed by atoms with van der Waals surface area (Å²) in [4.78, 5) is 36.0. The fourth-order valence-electron chi connectivity index (χ4n) is 4.53. The normalized spacial score (nSPS) is 13.3. The number of nitrogens with zero attached hydrogens (tertiary/aromatic N) is 1. The van der Waals surface area contributed by atoms with E-state index in [-0.39, 0.29) is 36.2 Å². The van der Waals surface area contributed by atoms with Crippen LogP contribution in [0.15, 0.2) is 12.2 Å². The van der Waals surface area contributed by atoms with Crippen LogP contribution in [0.4, 0.5) is 0 Å². The number of rotatable bonds is 28. The van der Waals surface area contributed by atoms with E-state index in [1.165, 1.54) is 51.4 Å². The Morgan fingerprint density at radius 2 is 1.24 bits per heavy atom.